The summed E-state index contributed by atoms with van der Waals surface area (Å²) in [5, 5.41) is 2.95. The van der Waals surface area contributed by atoms with Gasteiger partial charge in [-0.25, -0.2) is 14.1 Å². The summed E-state index contributed by atoms with van der Waals surface area (Å²) >= 11 is 0. The highest BCUT2D eigenvalue weighted by atomic mass is 31.2. The lowest BCUT2D eigenvalue weighted by Crippen LogP contribution is -2.50. The second-order valence-corrected chi connectivity index (χ2v) is 8.65. The fourth-order valence-electron chi connectivity index (χ4n) is 3.32. The first kappa shape index (κ1) is 19.7. The quantitative estimate of drug-likeness (QED) is 0.298. The van der Waals surface area contributed by atoms with E-state index >= 15 is 0 Å². The van der Waals surface area contributed by atoms with Gasteiger partial charge in [0.05, 0.1) is 19.2 Å². The molecule has 1 fully saturated rings. The molecule has 3 aliphatic heterocycles. The summed E-state index contributed by atoms with van der Waals surface area (Å²) < 4.78 is 37.3. The summed E-state index contributed by atoms with van der Waals surface area (Å²) in [6.45, 7) is -0.633. The Balaban J connectivity index is 1.65. The van der Waals surface area contributed by atoms with Crippen LogP contribution in [0.25, 0.3) is 0 Å². The molecule has 0 aliphatic carbocycles. The maximum atomic E-state index is 11.3. The third kappa shape index (κ3) is 3.67. The summed E-state index contributed by atoms with van der Waals surface area (Å²) in [6.07, 6.45) is 2.97. The first-order valence-electron chi connectivity index (χ1n) is 7.90. The molecule has 5 N–H and O–H groups in total. The fraction of sp³-hybridized carbons (Fsp3) is 0.417. The molecule has 0 radical (unpaired) electrons. The van der Waals surface area contributed by atoms with Crippen molar-refractivity contribution in [1.29, 1.82) is 0 Å². The predicted octanol–water partition coefficient (Wildman–Crippen LogP) is 0.0562. The lowest BCUT2D eigenvalue weighted by molar-refractivity contribution is -0.0445. The largest absolute Gasteiger partial charge is 0.469 e. The molecule has 4 bridgehead atoms. The molecule has 4 atom stereocenters. The van der Waals surface area contributed by atoms with Crippen LogP contribution in [0.1, 0.15) is 6.42 Å². The van der Waals surface area contributed by atoms with Gasteiger partial charge in [-0.2, -0.15) is 14.5 Å². The van der Waals surface area contributed by atoms with Crippen molar-refractivity contribution in [3.05, 3.63) is 18.7 Å². The van der Waals surface area contributed by atoms with Crippen LogP contribution in [0.3, 0.4) is 0 Å². The van der Waals surface area contributed by atoms with Crippen molar-refractivity contribution in [3.63, 3.8) is 0 Å². The minimum atomic E-state index is -4.89. The van der Waals surface area contributed by atoms with Gasteiger partial charge < -0.3 is 29.6 Å². The van der Waals surface area contributed by atoms with E-state index in [-0.39, 0.29) is 10.9 Å². The number of phosphoric ester groups is 2. The van der Waals surface area contributed by atoms with Gasteiger partial charge in [0, 0.05) is 0 Å². The molecule has 0 aromatic carbocycles. The van der Waals surface area contributed by atoms with Crippen LogP contribution >= 0.6 is 15.6 Å². The SMILES string of the molecule is O=P(O)(O)OC[C@H]1O[C@@H]([N+]23C=CNc4ncnc2c4N=C3)C[C@@H]1OP(=O)(O)O. The highest BCUT2D eigenvalue weighted by Crippen LogP contribution is 2.49. The minimum Gasteiger partial charge on any atom is -0.340 e. The predicted molar refractivity (Wildman–Crippen MR) is 92.9 cm³/mol. The number of anilines is 1. The van der Waals surface area contributed by atoms with Crippen molar-refractivity contribution < 1.29 is 42.5 Å². The second kappa shape index (κ2) is 6.75. The fourth-order valence-corrected chi connectivity index (χ4v) is 4.23. The number of phosphoric acid groups is 2. The summed E-state index contributed by atoms with van der Waals surface area (Å²) in [5.74, 6) is 0.958. The molecule has 1 aromatic heterocycles. The highest BCUT2D eigenvalue weighted by Gasteiger charge is 2.54. The molecule has 1 aromatic rings. The van der Waals surface area contributed by atoms with E-state index < -0.39 is 40.7 Å². The molecular formula is C12H16N5O9P2+. The minimum absolute atomic E-state index is 0.0323. The molecule has 152 valence electrons. The van der Waals surface area contributed by atoms with E-state index in [1.54, 1.807) is 12.4 Å². The Bertz CT molecular complexity index is 945. The van der Waals surface area contributed by atoms with E-state index in [4.69, 9.17) is 19.0 Å². The summed E-state index contributed by atoms with van der Waals surface area (Å²) in [7, 11) is -9.72. The zero-order valence-electron chi connectivity index (χ0n) is 14.0. The molecule has 1 unspecified atom stereocenters. The van der Waals surface area contributed by atoms with Gasteiger partial charge in [0.15, 0.2) is 11.5 Å². The van der Waals surface area contributed by atoms with Crippen LogP contribution in [0.4, 0.5) is 17.3 Å². The highest BCUT2D eigenvalue weighted by molar-refractivity contribution is 7.46. The van der Waals surface area contributed by atoms with E-state index in [1.165, 1.54) is 12.7 Å². The van der Waals surface area contributed by atoms with E-state index in [2.05, 4.69) is 24.8 Å². The molecule has 1 saturated heterocycles. The zero-order chi connectivity index (χ0) is 20.2. The van der Waals surface area contributed by atoms with E-state index in [0.717, 1.165) is 0 Å². The lowest BCUT2D eigenvalue weighted by Gasteiger charge is -2.30. The molecule has 16 heteroatoms. The van der Waals surface area contributed by atoms with Crippen molar-refractivity contribution in [1.82, 2.24) is 14.5 Å². The molecule has 14 nitrogen and oxygen atoms in total. The number of ether oxygens (including phenoxy) is 1. The second-order valence-electron chi connectivity index (χ2n) is 6.22. The molecule has 0 amide bonds. The van der Waals surface area contributed by atoms with Gasteiger partial charge in [-0.1, -0.05) is 0 Å². The molecular weight excluding hydrogens is 420 g/mol. The van der Waals surface area contributed by atoms with Crippen LogP contribution < -0.4 is 9.80 Å². The Hall–Kier alpha value is -1.57. The van der Waals surface area contributed by atoms with Crippen LogP contribution in [0, 0.1) is 0 Å². The Morgan fingerprint density at radius 2 is 2.04 bits per heavy atom. The molecule has 28 heavy (non-hydrogen) atoms. The third-order valence-electron chi connectivity index (χ3n) is 4.43. The van der Waals surface area contributed by atoms with Gasteiger partial charge in [-0.15, -0.1) is 0 Å². The lowest BCUT2D eigenvalue weighted by atomic mass is 10.1. The van der Waals surface area contributed by atoms with Crippen LogP contribution in [-0.4, -0.2) is 60.9 Å². The van der Waals surface area contributed by atoms with Crippen molar-refractivity contribution >= 4 is 39.3 Å². The number of rotatable bonds is 6. The summed E-state index contributed by atoms with van der Waals surface area (Å²) in [4.78, 5) is 48.8. The molecule has 4 heterocycles. The number of hydrogen-bond acceptors (Lipinski definition) is 9. The maximum absolute atomic E-state index is 11.3. The summed E-state index contributed by atoms with van der Waals surface area (Å²) in [6, 6.07) is 0. The molecule has 3 aliphatic rings. The Morgan fingerprint density at radius 1 is 1.25 bits per heavy atom. The van der Waals surface area contributed by atoms with Gasteiger partial charge in [0.1, 0.15) is 24.7 Å². The number of nitrogens with one attached hydrogen (secondary N) is 1. The molecule has 4 rings (SSSR count). The topological polar surface area (TPSA) is 193 Å². The van der Waals surface area contributed by atoms with Gasteiger partial charge in [0.2, 0.25) is 12.6 Å². The van der Waals surface area contributed by atoms with Crippen LogP contribution in [0.15, 0.2) is 23.7 Å². The Morgan fingerprint density at radius 3 is 2.75 bits per heavy atom. The number of hydrogen-bond donors (Lipinski definition) is 5. The monoisotopic (exact) mass is 436 g/mol. The van der Waals surface area contributed by atoms with Gasteiger partial charge in [0.25, 0.3) is 5.82 Å². The Labute approximate surface area is 157 Å². The van der Waals surface area contributed by atoms with Crippen molar-refractivity contribution in [2.45, 2.75) is 24.9 Å². The van der Waals surface area contributed by atoms with Crippen molar-refractivity contribution in [2.24, 2.45) is 4.99 Å². The number of aliphatic imine (C=N–C) groups is 1. The maximum Gasteiger partial charge on any atom is 0.469 e. The standard InChI is InChI=1S/C12H15N5O9P2/c18-27(19,20)24-4-8-7(26-28(21,22)23)3-9(25-8)17-2-1-13-11-10(16-6-17)12(17)15-5-14-11/h1-2,5-9H,3-4H2,(H4-,13,14,15,18,19,20,21,22,23)/p+1/t7-,8+,9+,17?/m0/s1. The van der Waals surface area contributed by atoms with E-state index in [9.17, 15) is 18.9 Å². The van der Waals surface area contributed by atoms with Gasteiger partial charge in [-0.3, -0.25) is 9.05 Å². The smallest absolute Gasteiger partial charge is 0.340 e. The van der Waals surface area contributed by atoms with Crippen molar-refractivity contribution in [3.8, 4) is 0 Å². The number of aromatic nitrogens is 2. The zero-order valence-corrected chi connectivity index (χ0v) is 15.8. The number of nitrogens with zero attached hydrogens (tertiary/aromatic N) is 4. The van der Waals surface area contributed by atoms with Gasteiger partial charge in [-0.05, 0) is 0 Å². The van der Waals surface area contributed by atoms with Crippen LogP contribution in [0.2, 0.25) is 0 Å². The third-order valence-corrected chi connectivity index (χ3v) is 5.46. The van der Waals surface area contributed by atoms with E-state index in [1.807, 2.05) is 0 Å². The first-order valence-corrected chi connectivity index (χ1v) is 11.0. The average Bonchev–Trinajstić information content (AvgIpc) is 3.10. The molecule has 0 spiro atoms. The van der Waals surface area contributed by atoms with Crippen molar-refractivity contribution in [2.75, 3.05) is 11.9 Å². The van der Waals surface area contributed by atoms with Crippen LogP contribution in [-0.2, 0) is 22.9 Å². The van der Waals surface area contributed by atoms with Crippen LogP contribution in [0.5, 0.6) is 0 Å². The molecule has 0 saturated carbocycles. The Kier molecular flexibility index (Phi) is 4.75. The average molecular weight is 436 g/mol. The first-order chi connectivity index (χ1) is 13.1. The van der Waals surface area contributed by atoms with Gasteiger partial charge >= 0.3 is 15.6 Å². The number of quaternary nitrogens is 1. The normalized spacial score (nSPS) is 31.1. The summed E-state index contributed by atoms with van der Waals surface area (Å²) in [5.41, 5.74) is 0.485. The van der Waals surface area contributed by atoms with E-state index in [0.29, 0.717) is 17.3 Å².